The van der Waals surface area contributed by atoms with Crippen molar-refractivity contribution in [3.05, 3.63) is 46.4 Å². The first kappa shape index (κ1) is 12.3. The number of hydrogen-bond acceptors (Lipinski definition) is 1. The fourth-order valence-electron chi connectivity index (χ4n) is 1.45. The molecule has 0 radical (unpaired) electrons. The van der Waals surface area contributed by atoms with Crippen molar-refractivity contribution in [2.45, 2.75) is 0 Å². The van der Waals surface area contributed by atoms with Crippen LogP contribution in [0.1, 0.15) is 10.4 Å². The van der Waals surface area contributed by atoms with Gasteiger partial charge in [0.1, 0.15) is 0 Å². The van der Waals surface area contributed by atoms with E-state index in [1.807, 2.05) is 24.3 Å². The molecule has 2 aromatic rings. The van der Waals surface area contributed by atoms with Crippen LogP contribution in [0.25, 0.3) is 10.8 Å². The van der Waals surface area contributed by atoms with Gasteiger partial charge in [-0.25, -0.2) is 4.79 Å². The largest absolute Gasteiger partial charge is 0.478 e. The average Bonchev–Trinajstić information content (AvgIpc) is 2.18. The molecule has 0 bridgehead atoms. The van der Waals surface area contributed by atoms with Crippen molar-refractivity contribution in [1.29, 1.82) is 0 Å². The minimum absolute atomic E-state index is 0. The van der Waals surface area contributed by atoms with Gasteiger partial charge in [-0.3, -0.25) is 0 Å². The summed E-state index contributed by atoms with van der Waals surface area (Å²) in [5.74, 6) is -0.895. The zero-order valence-corrected chi connectivity index (χ0v) is 12.5. The summed E-state index contributed by atoms with van der Waals surface area (Å²) in [6.45, 7) is 0. The molecule has 0 aliphatic heterocycles. The predicted octanol–water partition coefficient (Wildman–Crippen LogP) is 3.30. The molecule has 0 amide bonds. The third kappa shape index (κ3) is 2.27. The third-order valence-electron chi connectivity index (χ3n) is 2.10. The van der Waals surface area contributed by atoms with Gasteiger partial charge in [-0.15, -0.1) is 0 Å². The first-order valence-electron chi connectivity index (χ1n) is 4.10. The van der Waals surface area contributed by atoms with E-state index >= 15 is 0 Å². The smallest absolute Gasteiger partial charge is 0.336 e. The zero-order chi connectivity index (χ0) is 10.1. The first-order chi connectivity index (χ1) is 6.70. The summed E-state index contributed by atoms with van der Waals surface area (Å²) in [6.07, 6.45) is 0. The molecule has 0 unspecified atom stereocenters. The number of benzene rings is 2. The minimum Gasteiger partial charge on any atom is -0.478 e. The SMILES string of the molecule is O=C(O)c1ccc(Br)c2ccccc12.[Zn]. The predicted molar refractivity (Wildman–Crippen MR) is 58.6 cm³/mol. The van der Waals surface area contributed by atoms with E-state index in [4.69, 9.17) is 5.11 Å². The van der Waals surface area contributed by atoms with E-state index in [1.165, 1.54) is 0 Å². The molecular weight excluding hydrogens is 309 g/mol. The molecule has 0 fully saturated rings. The molecule has 15 heavy (non-hydrogen) atoms. The topological polar surface area (TPSA) is 37.3 Å². The molecular formula is C11H7BrO2Zn. The van der Waals surface area contributed by atoms with E-state index < -0.39 is 5.97 Å². The number of aromatic carboxylic acids is 1. The molecule has 0 aromatic heterocycles. The molecule has 0 spiro atoms. The number of carboxylic acid groups (broad SMARTS) is 1. The molecule has 2 rings (SSSR count). The molecule has 0 aliphatic rings. The molecule has 0 atom stereocenters. The van der Waals surface area contributed by atoms with Crippen LogP contribution in [-0.2, 0) is 19.5 Å². The number of fused-ring (bicyclic) bond motifs is 1. The van der Waals surface area contributed by atoms with E-state index in [2.05, 4.69) is 15.9 Å². The Kier molecular flexibility index (Phi) is 4.00. The maximum atomic E-state index is 10.9. The monoisotopic (exact) mass is 314 g/mol. The van der Waals surface area contributed by atoms with Crippen LogP contribution in [0.3, 0.4) is 0 Å². The Morgan fingerprint density at radius 2 is 1.67 bits per heavy atom. The van der Waals surface area contributed by atoms with Gasteiger partial charge in [-0.1, -0.05) is 40.2 Å². The number of carboxylic acids is 1. The van der Waals surface area contributed by atoms with Gasteiger partial charge in [0.2, 0.25) is 0 Å². The minimum atomic E-state index is -0.895. The number of carbonyl (C=O) groups is 1. The van der Waals surface area contributed by atoms with Crippen molar-refractivity contribution in [2.24, 2.45) is 0 Å². The molecule has 2 aromatic carbocycles. The van der Waals surface area contributed by atoms with Gasteiger partial charge in [0.15, 0.2) is 0 Å². The van der Waals surface area contributed by atoms with Crippen LogP contribution in [0.4, 0.5) is 0 Å². The van der Waals surface area contributed by atoms with Crippen LogP contribution >= 0.6 is 15.9 Å². The Hall–Kier alpha value is -0.727. The zero-order valence-electron chi connectivity index (χ0n) is 7.90. The second kappa shape index (κ2) is 4.86. The van der Waals surface area contributed by atoms with Crippen molar-refractivity contribution >= 4 is 32.7 Å². The van der Waals surface area contributed by atoms with Crippen molar-refractivity contribution in [3.63, 3.8) is 0 Å². The Bertz CT molecular complexity index is 511. The van der Waals surface area contributed by atoms with Crippen LogP contribution < -0.4 is 0 Å². The van der Waals surface area contributed by atoms with Crippen LogP contribution in [0, 0.1) is 0 Å². The normalized spacial score (nSPS) is 9.67. The number of rotatable bonds is 1. The van der Waals surface area contributed by atoms with Crippen molar-refractivity contribution in [3.8, 4) is 0 Å². The van der Waals surface area contributed by atoms with E-state index in [0.717, 1.165) is 15.2 Å². The Balaban J connectivity index is 0.00000112. The molecule has 1 N–H and O–H groups in total. The van der Waals surface area contributed by atoms with E-state index in [9.17, 15) is 4.79 Å². The Labute approximate surface area is 108 Å². The molecule has 0 heterocycles. The van der Waals surface area contributed by atoms with Gasteiger partial charge < -0.3 is 5.11 Å². The van der Waals surface area contributed by atoms with Crippen molar-refractivity contribution in [2.75, 3.05) is 0 Å². The molecule has 0 aliphatic carbocycles. The standard InChI is InChI=1S/C11H7BrO2.Zn/c12-10-6-5-9(11(13)14)7-3-1-2-4-8(7)10;/h1-6H,(H,13,14);. The van der Waals surface area contributed by atoms with Crippen LogP contribution in [0.5, 0.6) is 0 Å². The van der Waals surface area contributed by atoms with Crippen LogP contribution in [0.2, 0.25) is 0 Å². The van der Waals surface area contributed by atoms with Gasteiger partial charge in [0, 0.05) is 24.0 Å². The molecule has 0 saturated carbocycles. The number of hydrogen-bond donors (Lipinski definition) is 1. The number of halogens is 1. The summed E-state index contributed by atoms with van der Waals surface area (Å²) in [6, 6.07) is 10.8. The van der Waals surface area contributed by atoms with Crippen LogP contribution in [0.15, 0.2) is 40.9 Å². The molecule has 2 nitrogen and oxygen atoms in total. The summed E-state index contributed by atoms with van der Waals surface area (Å²) >= 11 is 3.39. The maximum absolute atomic E-state index is 10.9. The average molecular weight is 316 g/mol. The van der Waals surface area contributed by atoms with Gasteiger partial charge in [-0.05, 0) is 22.9 Å². The van der Waals surface area contributed by atoms with E-state index in [-0.39, 0.29) is 19.5 Å². The maximum Gasteiger partial charge on any atom is 0.336 e. The van der Waals surface area contributed by atoms with Crippen LogP contribution in [-0.4, -0.2) is 11.1 Å². The van der Waals surface area contributed by atoms with Gasteiger partial charge in [-0.2, -0.15) is 0 Å². The summed E-state index contributed by atoms with van der Waals surface area (Å²) < 4.78 is 0.915. The van der Waals surface area contributed by atoms with Crippen molar-refractivity contribution in [1.82, 2.24) is 0 Å². The van der Waals surface area contributed by atoms with E-state index in [0.29, 0.717) is 5.56 Å². The quantitative estimate of drug-likeness (QED) is 0.820. The Morgan fingerprint density at radius 1 is 1.07 bits per heavy atom. The van der Waals surface area contributed by atoms with Gasteiger partial charge in [0.05, 0.1) is 5.56 Å². The summed E-state index contributed by atoms with van der Waals surface area (Å²) in [5.41, 5.74) is 0.337. The molecule has 0 saturated heterocycles. The molecule has 72 valence electrons. The second-order valence-corrected chi connectivity index (χ2v) is 3.80. The summed E-state index contributed by atoms with van der Waals surface area (Å²) in [7, 11) is 0. The van der Waals surface area contributed by atoms with Crippen molar-refractivity contribution < 1.29 is 29.4 Å². The van der Waals surface area contributed by atoms with E-state index in [1.54, 1.807) is 12.1 Å². The Morgan fingerprint density at radius 3 is 2.27 bits per heavy atom. The van der Waals surface area contributed by atoms with Gasteiger partial charge in [0.25, 0.3) is 0 Å². The summed E-state index contributed by atoms with van der Waals surface area (Å²) in [4.78, 5) is 10.9. The second-order valence-electron chi connectivity index (χ2n) is 2.95. The summed E-state index contributed by atoms with van der Waals surface area (Å²) in [5, 5.41) is 10.6. The van der Waals surface area contributed by atoms with Gasteiger partial charge >= 0.3 is 5.97 Å². The fraction of sp³-hybridized carbons (Fsp3) is 0. The fourth-order valence-corrected chi connectivity index (χ4v) is 1.93. The third-order valence-corrected chi connectivity index (χ3v) is 2.79. The molecule has 4 heteroatoms. The first-order valence-corrected chi connectivity index (χ1v) is 4.90.